The lowest BCUT2D eigenvalue weighted by Crippen LogP contribution is -2.33. The van der Waals surface area contributed by atoms with Crippen molar-refractivity contribution in [2.24, 2.45) is 16.7 Å². The minimum absolute atomic E-state index is 0.459. The zero-order valence-electron chi connectivity index (χ0n) is 8.57. The van der Waals surface area contributed by atoms with Crippen LogP contribution in [0.1, 0.15) is 47.5 Å². The molecule has 0 aromatic rings. The van der Waals surface area contributed by atoms with Crippen LogP contribution in [-0.2, 0) is 0 Å². The van der Waals surface area contributed by atoms with Crippen LogP contribution >= 0.6 is 0 Å². The van der Waals surface area contributed by atoms with E-state index >= 15 is 0 Å². The first kappa shape index (κ1) is 9.09. The summed E-state index contributed by atoms with van der Waals surface area (Å²) in [5.74, 6) is 0.894. The van der Waals surface area contributed by atoms with Gasteiger partial charge in [-0.25, -0.2) is 0 Å². The molecule has 0 saturated heterocycles. The van der Waals surface area contributed by atoms with E-state index in [1.54, 1.807) is 0 Å². The Hall–Kier alpha value is 0. The smallest absolute Gasteiger partial charge is 0.0272 e. The molecule has 0 nitrogen and oxygen atoms in total. The standard InChI is InChI=1S/C11H21/c1-9-6-10(2,3)8-11(4,5)7-9/h8-9H,6-7H2,1-5H3. The maximum absolute atomic E-state index is 2.53. The van der Waals surface area contributed by atoms with Crippen LogP contribution < -0.4 is 0 Å². The van der Waals surface area contributed by atoms with Gasteiger partial charge in [-0.05, 0) is 36.0 Å². The summed E-state index contributed by atoms with van der Waals surface area (Å²) in [6.45, 7) is 11.8. The molecular weight excluding hydrogens is 132 g/mol. The third kappa shape index (κ3) is 2.50. The molecule has 0 bridgehead atoms. The van der Waals surface area contributed by atoms with Crippen molar-refractivity contribution < 1.29 is 0 Å². The fraction of sp³-hybridized carbons (Fsp3) is 0.909. The van der Waals surface area contributed by atoms with Crippen LogP contribution in [0.15, 0.2) is 0 Å². The summed E-state index contributed by atoms with van der Waals surface area (Å²) in [5.41, 5.74) is 0.919. The quantitative estimate of drug-likeness (QED) is 0.498. The molecule has 0 aromatic carbocycles. The van der Waals surface area contributed by atoms with Crippen molar-refractivity contribution in [3.8, 4) is 0 Å². The zero-order valence-corrected chi connectivity index (χ0v) is 8.57. The Balaban J connectivity index is 2.66. The number of rotatable bonds is 0. The van der Waals surface area contributed by atoms with Crippen LogP contribution in [0.5, 0.6) is 0 Å². The fourth-order valence-corrected chi connectivity index (χ4v) is 3.04. The monoisotopic (exact) mass is 153 g/mol. The first-order valence-corrected chi connectivity index (χ1v) is 4.68. The van der Waals surface area contributed by atoms with Gasteiger partial charge in [0.15, 0.2) is 0 Å². The van der Waals surface area contributed by atoms with Crippen LogP contribution in [0.3, 0.4) is 0 Å². The van der Waals surface area contributed by atoms with Crippen molar-refractivity contribution >= 4 is 0 Å². The van der Waals surface area contributed by atoms with E-state index in [1.807, 2.05) is 0 Å². The van der Waals surface area contributed by atoms with Crippen LogP contribution in [0.25, 0.3) is 0 Å². The highest BCUT2D eigenvalue weighted by atomic mass is 14.4. The summed E-state index contributed by atoms with van der Waals surface area (Å²) in [5, 5.41) is 0. The molecule has 1 radical (unpaired) electrons. The van der Waals surface area contributed by atoms with Gasteiger partial charge in [-0.3, -0.25) is 0 Å². The van der Waals surface area contributed by atoms with Gasteiger partial charge in [0, 0.05) is 0 Å². The Kier molecular flexibility index (Phi) is 2.07. The molecule has 0 heteroatoms. The van der Waals surface area contributed by atoms with E-state index in [0.29, 0.717) is 10.8 Å². The highest BCUT2D eigenvalue weighted by Crippen LogP contribution is 2.46. The molecule has 1 saturated carbocycles. The molecular formula is C11H21. The largest absolute Gasteiger partial charge is 0.0625 e. The lowest BCUT2D eigenvalue weighted by Gasteiger charge is -2.43. The molecule has 1 aliphatic rings. The molecule has 0 atom stereocenters. The minimum atomic E-state index is 0.459. The average molecular weight is 153 g/mol. The molecule has 65 valence electrons. The van der Waals surface area contributed by atoms with Gasteiger partial charge in [-0.2, -0.15) is 0 Å². The van der Waals surface area contributed by atoms with Gasteiger partial charge >= 0.3 is 0 Å². The molecule has 1 fully saturated rings. The molecule has 0 aliphatic heterocycles. The second-order valence-electron chi connectivity index (χ2n) is 5.63. The SMILES string of the molecule is CC1CC(C)(C)[CH]C(C)(C)C1. The van der Waals surface area contributed by atoms with Crippen LogP contribution in [-0.4, -0.2) is 0 Å². The molecule has 0 amide bonds. The first-order chi connectivity index (χ1) is 4.81. The Bertz CT molecular complexity index is 126. The van der Waals surface area contributed by atoms with Crippen LogP contribution in [0.4, 0.5) is 0 Å². The van der Waals surface area contributed by atoms with E-state index < -0.39 is 0 Å². The second-order valence-corrected chi connectivity index (χ2v) is 5.63. The molecule has 0 aromatic heterocycles. The van der Waals surface area contributed by atoms with Crippen molar-refractivity contribution in [2.75, 3.05) is 0 Å². The maximum atomic E-state index is 2.53. The van der Waals surface area contributed by atoms with Crippen LogP contribution in [0.2, 0.25) is 0 Å². The number of hydrogen-bond acceptors (Lipinski definition) is 0. The fourth-order valence-electron chi connectivity index (χ4n) is 3.04. The maximum Gasteiger partial charge on any atom is -0.0272 e. The van der Waals surface area contributed by atoms with Gasteiger partial charge in [0.05, 0.1) is 0 Å². The average Bonchev–Trinajstić information content (AvgIpc) is 1.49. The minimum Gasteiger partial charge on any atom is -0.0625 e. The first-order valence-electron chi connectivity index (χ1n) is 4.68. The van der Waals surface area contributed by atoms with Gasteiger partial charge in [0.25, 0.3) is 0 Å². The summed E-state index contributed by atoms with van der Waals surface area (Å²) in [4.78, 5) is 0. The topological polar surface area (TPSA) is 0 Å². The predicted molar refractivity (Wildman–Crippen MR) is 50.3 cm³/mol. The van der Waals surface area contributed by atoms with Gasteiger partial charge in [-0.15, -0.1) is 0 Å². The third-order valence-electron chi connectivity index (χ3n) is 2.53. The molecule has 0 heterocycles. The van der Waals surface area contributed by atoms with E-state index in [2.05, 4.69) is 41.0 Å². The Morgan fingerprint density at radius 3 is 1.64 bits per heavy atom. The normalized spacial score (nSPS) is 30.3. The summed E-state index contributed by atoms with van der Waals surface area (Å²) >= 11 is 0. The van der Waals surface area contributed by atoms with Gasteiger partial charge in [0.1, 0.15) is 0 Å². The Morgan fingerprint density at radius 2 is 1.36 bits per heavy atom. The molecule has 1 rings (SSSR count). The Morgan fingerprint density at radius 1 is 1.00 bits per heavy atom. The van der Waals surface area contributed by atoms with Crippen molar-refractivity contribution in [1.82, 2.24) is 0 Å². The number of hydrogen-bond donors (Lipinski definition) is 0. The van der Waals surface area contributed by atoms with Crippen molar-refractivity contribution in [3.63, 3.8) is 0 Å². The summed E-state index contributed by atoms with van der Waals surface area (Å²) in [7, 11) is 0. The van der Waals surface area contributed by atoms with Crippen molar-refractivity contribution in [2.45, 2.75) is 47.5 Å². The van der Waals surface area contributed by atoms with E-state index in [-0.39, 0.29) is 0 Å². The van der Waals surface area contributed by atoms with E-state index in [4.69, 9.17) is 0 Å². The molecule has 0 N–H and O–H groups in total. The highest BCUT2D eigenvalue weighted by molar-refractivity contribution is 5.01. The van der Waals surface area contributed by atoms with E-state index in [9.17, 15) is 0 Å². The summed E-state index contributed by atoms with van der Waals surface area (Å²) < 4.78 is 0. The predicted octanol–water partition coefficient (Wildman–Crippen LogP) is 3.67. The Labute approximate surface area is 71.4 Å². The summed E-state index contributed by atoms with van der Waals surface area (Å²) in [6.07, 6.45) is 5.24. The van der Waals surface area contributed by atoms with Gasteiger partial charge < -0.3 is 0 Å². The molecule has 11 heavy (non-hydrogen) atoms. The third-order valence-corrected chi connectivity index (χ3v) is 2.53. The van der Waals surface area contributed by atoms with E-state index in [1.165, 1.54) is 12.8 Å². The lowest BCUT2D eigenvalue weighted by atomic mass is 9.62. The van der Waals surface area contributed by atoms with Crippen molar-refractivity contribution in [1.29, 1.82) is 0 Å². The van der Waals surface area contributed by atoms with E-state index in [0.717, 1.165) is 5.92 Å². The highest BCUT2D eigenvalue weighted by Gasteiger charge is 2.36. The molecule has 1 aliphatic carbocycles. The van der Waals surface area contributed by atoms with Gasteiger partial charge in [-0.1, -0.05) is 34.6 Å². The summed E-state index contributed by atoms with van der Waals surface area (Å²) in [6, 6.07) is 0. The lowest BCUT2D eigenvalue weighted by molar-refractivity contribution is 0.153. The van der Waals surface area contributed by atoms with Crippen molar-refractivity contribution in [3.05, 3.63) is 6.42 Å². The molecule has 0 spiro atoms. The second kappa shape index (κ2) is 2.50. The molecule has 0 unspecified atom stereocenters. The van der Waals surface area contributed by atoms with Gasteiger partial charge in [0.2, 0.25) is 0 Å². The zero-order chi connectivity index (χ0) is 8.70. The van der Waals surface area contributed by atoms with Crippen LogP contribution in [0, 0.1) is 23.2 Å².